The second kappa shape index (κ2) is 6.65. The maximum absolute atomic E-state index is 5.99. The third kappa shape index (κ3) is 4.39. The van der Waals surface area contributed by atoms with Crippen molar-refractivity contribution in [3.05, 3.63) is 28.8 Å². The van der Waals surface area contributed by atoms with Crippen molar-refractivity contribution in [3.63, 3.8) is 0 Å². The molecule has 0 spiro atoms. The van der Waals surface area contributed by atoms with Gasteiger partial charge in [0, 0.05) is 6.54 Å². The van der Waals surface area contributed by atoms with E-state index in [9.17, 15) is 0 Å². The Labute approximate surface area is 105 Å². The van der Waals surface area contributed by atoms with Crippen molar-refractivity contribution in [2.75, 3.05) is 13.1 Å². The summed E-state index contributed by atoms with van der Waals surface area (Å²) in [4.78, 5) is 0. The van der Waals surface area contributed by atoms with Crippen LogP contribution in [0, 0.1) is 20.8 Å². The van der Waals surface area contributed by atoms with Gasteiger partial charge in [-0.25, -0.2) is 0 Å². The van der Waals surface area contributed by atoms with Crippen molar-refractivity contribution >= 4 is 0 Å². The molecule has 0 saturated heterocycles. The van der Waals surface area contributed by atoms with Crippen LogP contribution in [0.2, 0.25) is 0 Å². The van der Waals surface area contributed by atoms with Gasteiger partial charge in [-0.1, -0.05) is 13.0 Å². The average molecular weight is 235 g/mol. The largest absolute Gasteiger partial charge is 0.489 e. The molecule has 1 atom stereocenters. The molecule has 0 heterocycles. The molecule has 0 aromatic heterocycles. The predicted octanol–water partition coefficient (Wildman–Crippen LogP) is 3.38. The molecule has 2 heteroatoms. The molecule has 2 nitrogen and oxygen atoms in total. The lowest BCUT2D eigenvalue weighted by molar-refractivity contribution is 0.216. The van der Waals surface area contributed by atoms with Crippen molar-refractivity contribution in [1.29, 1.82) is 0 Å². The summed E-state index contributed by atoms with van der Waals surface area (Å²) in [6.45, 7) is 12.6. The van der Waals surface area contributed by atoms with E-state index in [1.807, 2.05) is 0 Å². The molecule has 0 aliphatic carbocycles. The summed E-state index contributed by atoms with van der Waals surface area (Å²) in [6, 6.07) is 4.32. The third-order valence-corrected chi connectivity index (χ3v) is 2.95. The number of aryl methyl sites for hydroxylation is 2. The van der Waals surface area contributed by atoms with E-state index in [4.69, 9.17) is 4.74 Å². The van der Waals surface area contributed by atoms with E-state index in [1.165, 1.54) is 16.7 Å². The minimum absolute atomic E-state index is 0.210. The Bertz CT molecular complexity index is 360. The van der Waals surface area contributed by atoms with Gasteiger partial charge in [0.2, 0.25) is 0 Å². The number of nitrogens with one attached hydrogen (secondary N) is 1. The van der Waals surface area contributed by atoms with Crippen molar-refractivity contribution in [1.82, 2.24) is 5.32 Å². The Balaban J connectivity index is 2.61. The standard InChI is InChI=1S/C15H25NO/c1-6-7-16-10-13(4)17-15-9-11(2)8-12(3)14(15)5/h8-9,13,16H,6-7,10H2,1-5H3. The first-order valence-corrected chi connectivity index (χ1v) is 6.49. The Morgan fingerprint density at radius 2 is 1.94 bits per heavy atom. The van der Waals surface area contributed by atoms with Crippen LogP contribution >= 0.6 is 0 Å². The summed E-state index contributed by atoms with van der Waals surface area (Å²) in [5, 5.41) is 3.38. The van der Waals surface area contributed by atoms with Gasteiger partial charge < -0.3 is 10.1 Å². The molecule has 1 unspecified atom stereocenters. The van der Waals surface area contributed by atoms with Gasteiger partial charge in [0.15, 0.2) is 0 Å². The van der Waals surface area contributed by atoms with Crippen LogP contribution in [0.15, 0.2) is 12.1 Å². The van der Waals surface area contributed by atoms with E-state index in [2.05, 4.69) is 52.1 Å². The van der Waals surface area contributed by atoms with Crippen LogP contribution in [0.4, 0.5) is 0 Å². The van der Waals surface area contributed by atoms with Crippen molar-refractivity contribution < 1.29 is 4.74 Å². The molecular formula is C15H25NO. The second-order valence-electron chi connectivity index (χ2n) is 4.84. The van der Waals surface area contributed by atoms with E-state index < -0.39 is 0 Å². The molecule has 1 N–H and O–H groups in total. The third-order valence-electron chi connectivity index (χ3n) is 2.95. The van der Waals surface area contributed by atoms with E-state index in [0.717, 1.165) is 25.3 Å². The van der Waals surface area contributed by atoms with Gasteiger partial charge in [-0.2, -0.15) is 0 Å². The van der Waals surface area contributed by atoms with Crippen LogP contribution in [-0.2, 0) is 0 Å². The van der Waals surface area contributed by atoms with Gasteiger partial charge >= 0.3 is 0 Å². The lowest BCUT2D eigenvalue weighted by Gasteiger charge is -2.18. The summed E-state index contributed by atoms with van der Waals surface area (Å²) in [6.07, 6.45) is 1.37. The number of hydrogen-bond donors (Lipinski definition) is 1. The molecule has 0 fully saturated rings. The zero-order valence-corrected chi connectivity index (χ0v) is 11.8. The summed E-state index contributed by atoms with van der Waals surface area (Å²) in [5.41, 5.74) is 3.81. The number of hydrogen-bond acceptors (Lipinski definition) is 2. The van der Waals surface area contributed by atoms with Gasteiger partial charge in [0.25, 0.3) is 0 Å². The minimum atomic E-state index is 0.210. The minimum Gasteiger partial charge on any atom is -0.489 e. The number of rotatable bonds is 6. The molecule has 0 aliphatic rings. The first-order chi connectivity index (χ1) is 8.04. The molecule has 1 aromatic carbocycles. The van der Waals surface area contributed by atoms with Crippen LogP contribution in [0.3, 0.4) is 0 Å². The monoisotopic (exact) mass is 235 g/mol. The van der Waals surface area contributed by atoms with E-state index in [-0.39, 0.29) is 6.10 Å². The first kappa shape index (κ1) is 14.0. The number of ether oxygens (including phenoxy) is 1. The van der Waals surface area contributed by atoms with Crippen molar-refractivity contribution in [2.45, 2.75) is 47.1 Å². The molecule has 17 heavy (non-hydrogen) atoms. The Morgan fingerprint density at radius 3 is 2.59 bits per heavy atom. The summed E-state index contributed by atoms with van der Waals surface area (Å²) < 4.78 is 5.99. The van der Waals surface area contributed by atoms with E-state index >= 15 is 0 Å². The fourth-order valence-corrected chi connectivity index (χ4v) is 1.86. The van der Waals surface area contributed by atoms with Crippen LogP contribution in [0.25, 0.3) is 0 Å². The highest BCUT2D eigenvalue weighted by Gasteiger charge is 2.08. The van der Waals surface area contributed by atoms with Crippen LogP contribution in [0.5, 0.6) is 5.75 Å². The van der Waals surface area contributed by atoms with Crippen molar-refractivity contribution in [2.24, 2.45) is 0 Å². The van der Waals surface area contributed by atoms with Crippen LogP contribution in [-0.4, -0.2) is 19.2 Å². The predicted molar refractivity (Wildman–Crippen MR) is 73.9 cm³/mol. The van der Waals surface area contributed by atoms with Gasteiger partial charge in [-0.3, -0.25) is 0 Å². The fraction of sp³-hybridized carbons (Fsp3) is 0.600. The summed E-state index contributed by atoms with van der Waals surface area (Å²) in [7, 11) is 0. The zero-order chi connectivity index (χ0) is 12.8. The SMILES string of the molecule is CCCNCC(C)Oc1cc(C)cc(C)c1C. The Hall–Kier alpha value is -1.02. The first-order valence-electron chi connectivity index (χ1n) is 6.49. The Kier molecular flexibility index (Phi) is 5.49. The van der Waals surface area contributed by atoms with Gasteiger partial charge in [-0.05, 0) is 63.4 Å². The highest BCUT2D eigenvalue weighted by atomic mass is 16.5. The topological polar surface area (TPSA) is 21.3 Å². The smallest absolute Gasteiger partial charge is 0.123 e. The van der Waals surface area contributed by atoms with Gasteiger partial charge in [0.1, 0.15) is 11.9 Å². The maximum atomic E-state index is 5.99. The lowest BCUT2D eigenvalue weighted by Crippen LogP contribution is -2.29. The van der Waals surface area contributed by atoms with Crippen molar-refractivity contribution in [3.8, 4) is 5.75 Å². The molecule has 1 rings (SSSR count). The fourth-order valence-electron chi connectivity index (χ4n) is 1.86. The maximum Gasteiger partial charge on any atom is 0.123 e. The molecule has 0 saturated carbocycles. The number of benzene rings is 1. The molecule has 0 amide bonds. The van der Waals surface area contributed by atoms with Gasteiger partial charge in [-0.15, -0.1) is 0 Å². The zero-order valence-electron chi connectivity index (χ0n) is 11.8. The highest BCUT2D eigenvalue weighted by Crippen LogP contribution is 2.24. The molecule has 1 aromatic rings. The Morgan fingerprint density at radius 1 is 1.24 bits per heavy atom. The van der Waals surface area contributed by atoms with Crippen LogP contribution in [0.1, 0.15) is 37.0 Å². The van der Waals surface area contributed by atoms with E-state index in [1.54, 1.807) is 0 Å². The summed E-state index contributed by atoms with van der Waals surface area (Å²) in [5.74, 6) is 1.02. The van der Waals surface area contributed by atoms with E-state index in [0.29, 0.717) is 0 Å². The molecular weight excluding hydrogens is 210 g/mol. The second-order valence-corrected chi connectivity index (χ2v) is 4.84. The quantitative estimate of drug-likeness (QED) is 0.763. The highest BCUT2D eigenvalue weighted by molar-refractivity contribution is 5.42. The molecule has 0 bridgehead atoms. The summed E-state index contributed by atoms with van der Waals surface area (Å²) >= 11 is 0. The molecule has 0 aliphatic heterocycles. The molecule has 96 valence electrons. The normalized spacial score (nSPS) is 12.5. The molecule has 0 radical (unpaired) electrons. The average Bonchev–Trinajstić information content (AvgIpc) is 2.25. The van der Waals surface area contributed by atoms with Gasteiger partial charge in [0.05, 0.1) is 0 Å². The van der Waals surface area contributed by atoms with Crippen LogP contribution < -0.4 is 10.1 Å². The lowest BCUT2D eigenvalue weighted by atomic mass is 10.1.